The van der Waals surface area contributed by atoms with Crippen molar-refractivity contribution in [3.8, 4) is 0 Å². The second-order valence-corrected chi connectivity index (χ2v) is 4.96. The van der Waals surface area contributed by atoms with Gasteiger partial charge in [-0.15, -0.1) is 0 Å². The summed E-state index contributed by atoms with van der Waals surface area (Å²) in [6.45, 7) is 1.27. The number of carbonyl (C=O) groups is 1. The molecule has 1 atom stereocenters. The molecule has 0 spiro atoms. The average molecular weight is 346 g/mol. The molecule has 1 heterocycles. The van der Waals surface area contributed by atoms with E-state index in [-0.39, 0.29) is 10.7 Å². The smallest absolute Gasteiger partial charge is 0.349 e. The molecule has 1 N–H and O–H groups in total. The number of alkyl halides is 3. The van der Waals surface area contributed by atoms with E-state index in [2.05, 4.69) is 26.2 Å². The molecule has 8 heteroatoms. The summed E-state index contributed by atoms with van der Waals surface area (Å²) in [5.74, 6) is -0.689. The van der Waals surface area contributed by atoms with Crippen LogP contribution in [0.15, 0.2) is 16.7 Å². The van der Waals surface area contributed by atoms with Crippen molar-refractivity contribution in [2.75, 3.05) is 0 Å². The molecule has 0 bridgehead atoms. The lowest BCUT2D eigenvalue weighted by Crippen LogP contribution is -2.36. The number of rotatable bonds is 3. The number of hydrogen-bond acceptors (Lipinski definition) is 2. The van der Waals surface area contributed by atoms with Crippen LogP contribution in [0.25, 0.3) is 0 Å². The molecule has 0 aliphatic heterocycles. The highest BCUT2D eigenvalue weighted by atomic mass is 79.9. The SMILES string of the molecule is CC(CC(F)(F)F)NC(=O)c1cc(Br)cnc1Cl. The maximum Gasteiger partial charge on any atom is 0.391 e. The number of halogens is 5. The maximum atomic E-state index is 12.1. The number of amides is 1. The van der Waals surface area contributed by atoms with Crippen LogP contribution in [0.3, 0.4) is 0 Å². The van der Waals surface area contributed by atoms with Crippen molar-refractivity contribution in [3.05, 3.63) is 27.5 Å². The average Bonchev–Trinajstić information content (AvgIpc) is 2.18. The van der Waals surface area contributed by atoms with Gasteiger partial charge in [-0.25, -0.2) is 4.98 Å². The van der Waals surface area contributed by atoms with E-state index in [0.717, 1.165) is 0 Å². The second kappa shape index (κ2) is 5.88. The first-order valence-electron chi connectivity index (χ1n) is 4.87. The van der Waals surface area contributed by atoms with E-state index in [1.54, 1.807) is 0 Å². The molecule has 0 saturated carbocycles. The molecule has 0 fully saturated rings. The van der Waals surface area contributed by atoms with E-state index in [0.29, 0.717) is 4.47 Å². The molecule has 1 rings (SSSR count). The Bertz CT molecular complexity index is 453. The van der Waals surface area contributed by atoms with Gasteiger partial charge in [0.15, 0.2) is 0 Å². The third-order valence-corrected chi connectivity index (χ3v) is 2.70. The standard InChI is InChI=1S/C10H9BrClF3N2O/c1-5(3-10(13,14)15)17-9(18)7-2-6(11)4-16-8(7)12/h2,4-5H,3H2,1H3,(H,17,18). The molecular formula is C10H9BrClF3N2O. The Labute approximate surface area is 115 Å². The van der Waals surface area contributed by atoms with Crippen LogP contribution in [0, 0.1) is 0 Å². The zero-order valence-electron chi connectivity index (χ0n) is 9.18. The minimum atomic E-state index is -4.33. The molecule has 100 valence electrons. The summed E-state index contributed by atoms with van der Waals surface area (Å²) in [6, 6.07) is 0.359. The van der Waals surface area contributed by atoms with E-state index in [4.69, 9.17) is 11.6 Å². The number of pyridine rings is 1. The van der Waals surface area contributed by atoms with Crippen molar-refractivity contribution < 1.29 is 18.0 Å². The normalized spacial score (nSPS) is 13.2. The summed E-state index contributed by atoms with van der Waals surface area (Å²) in [6.07, 6.45) is -4.04. The van der Waals surface area contributed by atoms with Gasteiger partial charge in [-0.3, -0.25) is 4.79 Å². The minimum absolute atomic E-state index is 0.0278. The van der Waals surface area contributed by atoms with Gasteiger partial charge in [-0.05, 0) is 28.9 Å². The number of nitrogens with zero attached hydrogens (tertiary/aromatic N) is 1. The van der Waals surface area contributed by atoms with Crippen LogP contribution < -0.4 is 5.32 Å². The molecule has 0 aromatic carbocycles. The van der Waals surface area contributed by atoms with Gasteiger partial charge >= 0.3 is 6.18 Å². The largest absolute Gasteiger partial charge is 0.391 e. The van der Waals surface area contributed by atoms with E-state index < -0.39 is 24.5 Å². The number of aromatic nitrogens is 1. The summed E-state index contributed by atoms with van der Waals surface area (Å²) < 4.78 is 36.8. The van der Waals surface area contributed by atoms with E-state index in [9.17, 15) is 18.0 Å². The summed E-state index contributed by atoms with van der Waals surface area (Å²) in [5, 5.41) is 2.16. The zero-order valence-corrected chi connectivity index (χ0v) is 11.5. The van der Waals surface area contributed by atoms with Crippen molar-refractivity contribution in [2.24, 2.45) is 0 Å². The quantitative estimate of drug-likeness (QED) is 0.851. The number of hydrogen-bond donors (Lipinski definition) is 1. The second-order valence-electron chi connectivity index (χ2n) is 3.69. The van der Waals surface area contributed by atoms with Crippen molar-refractivity contribution in [1.29, 1.82) is 0 Å². The van der Waals surface area contributed by atoms with Crippen LogP contribution in [-0.4, -0.2) is 23.1 Å². The highest BCUT2D eigenvalue weighted by Gasteiger charge is 2.30. The molecule has 3 nitrogen and oxygen atoms in total. The van der Waals surface area contributed by atoms with Gasteiger partial charge in [0, 0.05) is 16.7 Å². The molecule has 1 aromatic rings. The first-order valence-corrected chi connectivity index (χ1v) is 6.05. The molecule has 1 amide bonds. The predicted molar refractivity (Wildman–Crippen MR) is 64.5 cm³/mol. The predicted octanol–water partition coefficient (Wildman–Crippen LogP) is 3.57. The Kier molecular flexibility index (Phi) is 4.98. The fourth-order valence-electron chi connectivity index (χ4n) is 1.28. The topological polar surface area (TPSA) is 42.0 Å². The Morgan fingerprint density at radius 2 is 2.22 bits per heavy atom. The van der Waals surface area contributed by atoms with Crippen LogP contribution in [0.2, 0.25) is 5.15 Å². The maximum absolute atomic E-state index is 12.1. The fourth-order valence-corrected chi connectivity index (χ4v) is 1.80. The molecule has 0 aliphatic rings. The van der Waals surface area contributed by atoms with Crippen LogP contribution in [0.1, 0.15) is 23.7 Å². The van der Waals surface area contributed by atoms with E-state index in [1.165, 1.54) is 19.2 Å². The molecule has 0 saturated heterocycles. The molecule has 1 aromatic heterocycles. The van der Waals surface area contributed by atoms with Gasteiger partial charge in [0.2, 0.25) is 0 Å². The lowest BCUT2D eigenvalue weighted by Gasteiger charge is -2.16. The van der Waals surface area contributed by atoms with Crippen molar-refractivity contribution >= 4 is 33.4 Å². The lowest BCUT2D eigenvalue weighted by molar-refractivity contribution is -0.138. The molecule has 0 aliphatic carbocycles. The third-order valence-electron chi connectivity index (χ3n) is 1.97. The van der Waals surface area contributed by atoms with Gasteiger partial charge in [0.1, 0.15) is 5.15 Å². The zero-order chi connectivity index (χ0) is 13.9. The van der Waals surface area contributed by atoms with Gasteiger partial charge in [-0.1, -0.05) is 11.6 Å². The molecule has 1 unspecified atom stereocenters. The number of nitrogens with one attached hydrogen (secondary N) is 1. The molecular weight excluding hydrogens is 336 g/mol. The number of carbonyl (C=O) groups excluding carboxylic acids is 1. The van der Waals surface area contributed by atoms with Gasteiger partial charge in [0.05, 0.1) is 12.0 Å². The van der Waals surface area contributed by atoms with Crippen LogP contribution in [0.4, 0.5) is 13.2 Å². The first-order chi connectivity index (χ1) is 8.19. The summed E-state index contributed by atoms with van der Waals surface area (Å²) in [5.41, 5.74) is 0.0278. The summed E-state index contributed by atoms with van der Waals surface area (Å²) >= 11 is 8.79. The molecule has 0 radical (unpaired) electrons. The summed E-state index contributed by atoms with van der Waals surface area (Å²) in [7, 11) is 0. The minimum Gasteiger partial charge on any atom is -0.349 e. The Hall–Kier alpha value is -0.820. The molecule has 18 heavy (non-hydrogen) atoms. The third kappa shape index (κ3) is 4.81. The first kappa shape index (κ1) is 15.2. The van der Waals surface area contributed by atoms with Crippen molar-refractivity contribution in [1.82, 2.24) is 10.3 Å². The Balaban J connectivity index is 2.74. The lowest BCUT2D eigenvalue weighted by atomic mass is 10.2. The van der Waals surface area contributed by atoms with E-state index in [1.807, 2.05) is 0 Å². The highest BCUT2D eigenvalue weighted by Crippen LogP contribution is 2.22. The fraction of sp³-hybridized carbons (Fsp3) is 0.400. The Morgan fingerprint density at radius 1 is 1.61 bits per heavy atom. The Morgan fingerprint density at radius 3 is 2.78 bits per heavy atom. The van der Waals surface area contributed by atoms with Gasteiger partial charge in [-0.2, -0.15) is 13.2 Å². The monoisotopic (exact) mass is 344 g/mol. The highest BCUT2D eigenvalue weighted by molar-refractivity contribution is 9.10. The van der Waals surface area contributed by atoms with Crippen LogP contribution >= 0.6 is 27.5 Å². The van der Waals surface area contributed by atoms with Crippen molar-refractivity contribution in [3.63, 3.8) is 0 Å². The van der Waals surface area contributed by atoms with Crippen LogP contribution in [-0.2, 0) is 0 Å². The van der Waals surface area contributed by atoms with E-state index >= 15 is 0 Å². The van der Waals surface area contributed by atoms with Crippen molar-refractivity contribution in [2.45, 2.75) is 25.6 Å². The van der Waals surface area contributed by atoms with Crippen LogP contribution in [0.5, 0.6) is 0 Å². The summed E-state index contributed by atoms with van der Waals surface area (Å²) in [4.78, 5) is 15.4. The van der Waals surface area contributed by atoms with Gasteiger partial charge < -0.3 is 5.32 Å². The van der Waals surface area contributed by atoms with Gasteiger partial charge in [0.25, 0.3) is 5.91 Å².